The number of hydrogen-bond donors (Lipinski definition) is 0. The topological polar surface area (TPSA) is 58.4 Å². The van der Waals surface area contributed by atoms with E-state index < -0.39 is 10.0 Å². The van der Waals surface area contributed by atoms with Crippen molar-refractivity contribution in [3.63, 3.8) is 0 Å². The Hall–Kier alpha value is -0.920. The summed E-state index contributed by atoms with van der Waals surface area (Å²) in [4.78, 5) is 2.46. The Bertz CT molecular complexity index is 672. The highest BCUT2D eigenvalue weighted by atomic mass is 32.2. The van der Waals surface area contributed by atoms with Gasteiger partial charge >= 0.3 is 0 Å². The van der Waals surface area contributed by atoms with Gasteiger partial charge in [-0.15, -0.1) is 0 Å². The maximum atomic E-state index is 12.1. The minimum Gasteiger partial charge on any atom is -0.299 e. The predicted octanol–water partition coefficient (Wildman–Crippen LogP) is 1.30. The van der Waals surface area contributed by atoms with E-state index in [1.807, 2.05) is 17.9 Å². The highest BCUT2D eigenvalue weighted by Gasteiger charge is 2.36. The number of nitrogens with zero attached hydrogens (tertiary/aromatic N) is 4. The second-order valence-corrected chi connectivity index (χ2v) is 9.28. The van der Waals surface area contributed by atoms with Crippen molar-refractivity contribution in [2.24, 2.45) is 7.05 Å². The maximum Gasteiger partial charge on any atom is 0.214 e. The van der Waals surface area contributed by atoms with Crippen molar-refractivity contribution in [2.45, 2.75) is 50.6 Å². The van der Waals surface area contributed by atoms with Crippen LogP contribution < -0.4 is 0 Å². The van der Waals surface area contributed by atoms with E-state index in [9.17, 15) is 8.42 Å². The van der Waals surface area contributed by atoms with Gasteiger partial charge in [0.2, 0.25) is 10.0 Å². The summed E-state index contributed by atoms with van der Waals surface area (Å²) in [6, 6.07) is 0.218. The third-order valence-corrected chi connectivity index (χ3v) is 7.52. The molecule has 3 aliphatic rings. The van der Waals surface area contributed by atoms with E-state index in [1.165, 1.54) is 24.1 Å². The molecule has 3 fully saturated rings. The molecular weight excluding hydrogens is 312 g/mol. The summed E-state index contributed by atoms with van der Waals surface area (Å²) in [5.74, 6) is 1.05. The molecule has 0 amide bonds. The van der Waals surface area contributed by atoms with Crippen LogP contribution in [0.1, 0.15) is 49.3 Å². The second kappa shape index (κ2) is 5.86. The number of hydrogen-bond acceptors (Lipinski definition) is 4. The molecule has 1 aromatic rings. The lowest BCUT2D eigenvalue weighted by Gasteiger charge is -2.35. The fourth-order valence-corrected chi connectivity index (χ4v) is 5.97. The standard InChI is InChI=1S/C16H26N4O2S/c1-18-16(13-3-4-13)14(11-17-18)12-19-8-5-15(6-9-19)20-7-2-10-23(20,21)22/h11,13,15H,2-10,12H2,1H3. The summed E-state index contributed by atoms with van der Waals surface area (Å²) < 4.78 is 27.9. The summed E-state index contributed by atoms with van der Waals surface area (Å²) in [6.07, 6.45) is 7.31. The van der Waals surface area contributed by atoms with Crippen LogP contribution in [0.4, 0.5) is 0 Å². The predicted molar refractivity (Wildman–Crippen MR) is 88.6 cm³/mol. The Balaban J connectivity index is 1.37. The molecule has 0 spiro atoms. The quantitative estimate of drug-likeness (QED) is 0.830. The molecule has 1 saturated carbocycles. The minimum absolute atomic E-state index is 0.218. The van der Waals surface area contributed by atoms with E-state index in [4.69, 9.17) is 0 Å². The second-order valence-electron chi connectivity index (χ2n) is 7.24. The van der Waals surface area contributed by atoms with Crippen LogP contribution in [0.5, 0.6) is 0 Å². The van der Waals surface area contributed by atoms with Crippen molar-refractivity contribution < 1.29 is 8.42 Å². The van der Waals surface area contributed by atoms with E-state index >= 15 is 0 Å². The molecule has 7 heteroatoms. The lowest BCUT2D eigenvalue weighted by Crippen LogP contribution is -2.45. The maximum absolute atomic E-state index is 12.1. The van der Waals surface area contributed by atoms with Crippen LogP contribution in [-0.2, 0) is 23.6 Å². The molecule has 6 nitrogen and oxygen atoms in total. The number of aryl methyl sites for hydroxylation is 1. The first-order valence-electron chi connectivity index (χ1n) is 8.77. The van der Waals surface area contributed by atoms with Crippen LogP contribution in [-0.4, -0.2) is 58.8 Å². The summed E-state index contributed by atoms with van der Waals surface area (Å²) >= 11 is 0. The summed E-state index contributed by atoms with van der Waals surface area (Å²) in [6.45, 7) is 3.64. The molecule has 0 radical (unpaired) electrons. The van der Waals surface area contributed by atoms with Crippen LogP contribution in [0.2, 0.25) is 0 Å². The van der Waals surface area contributed by atoms with Crippen LogP contribution in [0, 0.1) is 0 Å². The lowest BCUT2D eigenvalue weighted by atomic mass is 10.0. The molecule has 2 aliphatic heterocycles. The van der Waals surface area contributed by atoms with Gasteiger partial charge < -0.3 is 0 Å². The molecule has 0 bridgehead atoms. The van der Waals surface area contributed by atoms with Gasteiger partial charge in [-0.05, 0) is 32.1 Å². The van der Waals surface area contributed by atoms with Gasteiger partial charge in [0.05, 0.1) is 11.9 Å². The van der Waals surface area contributed by atoms with Crippen LogP contribution in [0.25, 0.3) is 0 Å². The van der Waals surface area contributed by atoms with Crippen molar-refractivity contribution in [1.29, 1.82) is 0 Å². The highest BCUT2D eigenvalue weighted by Crippen LogP contribution is 2.41. The molecule has 0 N–H and O–H groups in total. The molecule has 2 saturated heterocycles. The number of sulfonamides is 1. The summed E-state index contributed by atoms with van der Waals surface area (Å²) in [7, 11) is -0.925. The summed E-state index contributed by atoms with van der Waals surface area (Å²) in [5.41, 5.74) is 2.77. The molecule has 0 aromatic carbocycles. The van der Waals surface area contributed by atoms with Gasteiger partial charge in [-0.25, -0.2) is 8.42 Å². The van der Waals surface area contributed by atoms with Gasteiger partial charge in [0.1, 0.15) is 0 Å². The van der Waals surface area contributed by atoms with Crippen molar-refractivity contribution in [2.75, 3.05) is 25.4 Å². The molecule has 4 rings (SSSR count). The number of piperidine rings is 1. The van der Waals surface area contributed by atoms with E-state index in [-0.39, 0.29) is 6.04 Å². The minimum atomic E-state index is -2.97. The molecule has 0 atom stereocenters. The first kappa shape index (κ1) is 15.6. The van der Waals surface area contributed by atoms with Crippen molar-refractivity contribution in [1.82, 2.24) is 19.0 Å². The van der Waals surface area contributed by atoms with Gasteiger partial charge in [0.25, 0.3) is 0 Å². The molecule has 0 unspecified atom stereocenters. The van der Waals surface area contributed by atoms with Crippen molar-refractivity contribution in [3.05, 3.63) is 17.5 Å². The summed E-state index contributed by atoms with van der Waals surface area (Å²) in [5, 5.41) is 4.44. The largest absolute Gasteiger partial charge is 0.299 e. The average molecular weight is 338 g/mol. The monoisotopic (exact) mass is 338 g/mol. The van der Waals surface area contributed by atoms with Gasteiger partial charge in [0, 0.05) is 56.4 Å². The van der Waals surface area contributed by atoms with Crippen molar-refractivity contribution in [3.8, 4) is 0 Å². The lowest BCUT2D eigenvalue weighted by molar-refractivity contribution is 0.157. The Labute approximate surface area is 138 Å². The van der Waals surface area contributed by atoms with E-state index in [2.05, 4.69) is 10.00 Å². The molecule has 128 valence electrons. The number of aromatic nitrogens is 2. The highest BCUT2D eigenvalue weighted by molar-refractivity contribution is 7.89. The van der Waals surface area contributed by atoms with Crippen molar-refractivity contribution >= 4 is 10.0 Å². The first-order valence-corrected chi connectivity index (χ1v) is 10.4. The third kappa shape index (κ3) is 3.06. The van der Waals surface area contributed by atoms with Crippen LogP contribution >= 0.6 is 0 Å². The fraction of sp³-hybridized carbons (Fsp3) is 0.812. The zero-order valence-corrected chi connectivity index (χ0v) is 14.6. The van der Waals surface area contributed by atoms with Gasteiger partial charge in [-0.3, -0.25) is 9.58 Å². The Morgan fingerprint density at radius 1 is 1.17 bits per heavy atom. The molecule has 3 heterocycles. The molecule has 1 aliphatic carbocycles. The SMILES string of the molecule is Cn1ncc(CN2CCC(N3CCCS3(=O)=O)CC2)c1C1CC1. The smallest absolute Gasteiger partial charge is 0.214 e. The van der Waals surface area contributed by atoms with E-state index in [0.29, 0.717) is 11.7 Å². The third-order valence-electron chi connectivity index (χ3n) is 5.52. The Kier molecular flexibility index (Phi) is 3.98. The average Bonchev–Trinajstić information content (AvgIpc) is 3.20. The zero-order valence-electron chi connectivity index (χ0n) is 13.8. The molecule has 1 aromatic heterocycles. The van der Waals surface area contributed by atoms with Gasteiger partial charge in [-0.2, -0.15) is 9.40 Å². The van der Waals surface area contributed by atoms with Gasteiger partial charge in [-0.1, -0.05) is 0 Å². The Morgan fingerprint density at radius 3 is 2.52 bits per heavy atom. The number of rotatable bonds is 4. The molecular formula is C16H26N4O2S. The normalized spacial score (nSPS) is 26.8. The zero-order chi connectivity index (χ0) is 16.0. The number of likely N-dealkylation sites (tertiary alicyclic amines) is 1. The first-order chi connectivity index (χ1) is 11.0. The van der Waals surface area contributed by atoms with Crippen LogP contribution in [0.15, 0.2) is 6.20 Å². The fourth-order valence-electron chi connectivity index (χ4n) is 4.17. The molecule has 23 heavy (non-hydrogen) atoms. The van der Waals surface area contributed by atoms with E-state index in [1.54, 1.807) is 4.31 Å². The van der Waals surface area contributed by atoms with Gasteiger partial charge in [0.15, 0.2) is 0 Å². The Morgan fingerprint density at radius 2 is 1.91 bits per heavy atom. The van der Waals surface area contributed by atoms with E-state index in [0.717, 1.165) is 45.4 Å². The van der Waals surface area contributed by atoms with Crippen LogP contribution in [0.3, 0.4) is 0 Å².